The average Bonchev–Trinajstić information content (AvgIpc) is 2.35. The summed E-state index contributed by atoms with van der Waals surface area (Å²) in [5, 5.41) is 0. The molecule has 0 aliphatic carbocycles. The lowest BCUT2D eigenvalue weighted by atomic mass is 9.97. The second kappa shape index (κ2) is 8.30. The van der Waals surface area contributed by atoms with Gasteiger partial charge in [-0.25, -0.2) is 17.9 Å². The maximum atomic E-state index is 12.0. The lowest BCUT2D eigenvalue weighted by molar-refractivity contribution is 0.0244. The van der Waals surface area contributed by atoms with Crippen molar-refractivity contribution < 1.29 is 17.9 Å². The molecule has 136 valence electrons. The predicted molar refractivity (Wildman–Crippen MR) is 90.9 cm³/mol. The number of sulfonamides is 1. The number of nitrogens with zero attached hydrogens (tertiary/aromatic N) is 2. The minimum absolute atomic E-state index is 0.298. The summed E-state index contributed by atoms with van der Waals surface area (Å²) in [5.74, 6) is 0.388. The van der Waals surface area contributed by atoms with Crippen LogP contribution < -0.4 is 4.72 Å². The van der Waals surface area contributed by atoms with Crippen molar-refractivity contribution >= 4 is 16.1 Å². The Labute approximate surface area is 140 Å². The SMILES string of the molecule is CN(C[C@H]1CCCN(CCNS(C)(=O)=O)C1)C(=O)OC(C)(C)C. The van der Waals surface area contributed by atoms with E-state index in [2.05, 4.69) is 9.62 Å². The van der Waals surface area contributed by atoms with Crippen molar-refractivity contribution in [2.24, 2.45) is 5.92 Å². The third-order valence-corrected chi connectivity index (χ3v) is 4.36. The average molecular weight is 349 g/mol. The van der Waals surface area contributed by atoms with E-state index in [9.17, 15) is 13.2 Å². The van der Waals surface area contributed by atoms with Gasteiger partial charge in [-0.3, -0.25) is 0 Å². The summed E-state index contributed by atoms with van der Waals surface area (Å²) in [7, 11) is -1.37. The Hall–Kier alpha value is -0.860. The fraction of sp³-hybridized carbons (Fsp3) is 0.933. The van der Waals surface area contributed by atoms with Crippen molar-refractivity contribution in [1.82, 2.24) is 14.5 Å². The minimum Gasteiger partial charge on any atom is -0.444 e. The molecule has 0 aromatic heterocycles. The Bertz CT molecular complexity index is 487. The zero-order valence-electron chi connectivity index (χ0n) is 15.0. The molecule has 1 atom stereocenters. The molecule has 7 nitrogen and oxygen atoms in total. The van der Waals surface area contributed by atoms with Gasteiger partial charge in [0.2, 0.25) is 10.0 Å². The Balaban J connectivity index is 2.38. The maximum absolute atomic E-state index is 12.0. The molecule has 0 saturated carbocycles. The summed E-state index contributed by atoms with van der Waals surface area (Å²) in [4.78, 5) is 15.9. The van der Waals surface area contributed by atoms with Crippen LogP contribution in [0.15, 0.2) is 0 Å². The maximum Gasteiger partial charge on any atom is 0.410 e. The van der Waals surface area contributed by atoms with Crippen LogP contribution in [0.2, 0.25) is 0 Å². The van der Waals surface area contributed by atoms with Gasteiger partial charge in [0.15, 0.2) is 0 Å². The van der Waals surface area contributed by atoms with E-state index in [1.165, 1.54) is 6.26 Å². The molecule has 8 heteroatoms. The molecule has 0 radical (unpaired) electrons. The summed E-state index contributed by atoms with van der Waals surface area (Å²) < 4.78 is 30.0. The quantitative estimate of drug-likeness (QED) is 0.777. The van der Waals surface area contributed by atoms with Gasteiger partial charge in [0.25, 0.3) is 0 Å². The molecule has 1 heterocycles. The monoisotopic (exact) mass is 349 g/mol. The number of hydrogen-bond donors (Lipinski definition) is 1. The van der Waals surface area contributed by atoms with Gasteiger partial charge >= 0.3 is 6.09 Å². The van der Waals surface area contributed by atoms with E-state index < -0.39 is 15.6 Å². The number of ether oxygens (including phenoxy) is 1. The molecule has 0 spiro atoms. The van der Waals surface area contributed by atoms with Crippen LogP contribution in [0.1, 0.15) is 33.6 Å². The minimum atomic E-state index is -3.13. The zero-order chi connectivity index (χ0) is 17.7. The van der Waals surface area contributed by atoms with Gasteiger partial charge in [-0.1, -0.05) is 0 Å². The van der Waals surface area contributed by atoms with Gasteiger partial charge in [-0.2, -0.15) is 0 Å². The highest BCUT2D eigenvalue weighted by atomic mass is 32.2. The first-order valence-corrected chi connectivity index (χ1v) is 9.96. The van der Waals surface area contributed by atoms with E-state index in [1.807, 2.05) is 20.8 Å². The van der Waals surface area contributed by atoms with Crippen molar-refractivity contribution in [2.45, 2.75) is 39.2 Å². The molecule has 1 fully saturated rings. The highest BCUT2D eigenvalue weighted by Crippen LogP contribution is 2.18. The molecule has 1 N–H and O–H groups in total. The number of carbonyl (C=O) groups is 1. The number of piperidine rings is 1. The summed E-state index contributed by atoms with van der Waals surface area (Å²) in [6, 6.07) is 0. The van der Waals surface area contributed by atoms with E-state index in [-0.39, 0.29) is 6.09 Å². The predicted octanol–water partition coefficient (Wildman–Crippen LogP) is 1.11. The second-order valence-corrected chi connectivity index (χ2v) is 9.17. The van der Waals surface area contributed by atoms with Crippen molar-refractivity contribution in [3.05, 3.63) is 0 Å². The zero-order valence-corrected chi connectivity index (χ0v) is 15.8. The first-order chi connectivity index (χ1) is 10.5. The van der Waals surface area contributed by atoms with Gasteiger partial charge in [0.1, 0.15) is 5.60 Å². The van der Waals surface area contributed by atoms with Gasteiger partial charge in [-0.05, 0) is 46.1 Å². The van der Waals surface area contributed by atoms with Crippen molar-refractivity contribution in [3.8, 4) is 0 Å². The molecule has 23 heavy (non-hydrogen) atoms. The standard InChI is InChI=1S/C15H31N3O4S/c1-15(2,3)22-14(19)17(4)11-13-7-6-9-18(12-13)10-8-16-23(5,20)21/h13,16H,6-12H2,1-5H3/t13-/m1/s1. The Morgan fingerprint density at radius 1 is 1.39 bits per heavy atom. The molecular weight excluding hydrogens is 318 g/mol. The number of carbonyl (C=O) groups excluding carboxylic acids is 1. The van der Waals surface area contributed by atoms with E-state index >= 15 is 0 Å². The lowest BCUT2D eigenvalue weighted by Crippen LogP contribution is -2.44. The number of likely N-dealkylation sites (tertiary alicyclic amines) is 1. The molecule has 0 unspecified atom stereocenters. The number of rotatable bonds is 6. The van der Waals surface area contributed by atoms with Gasteiger partial charge in [0, 0.05) is 33.2 Å². The third-order valence-electron chi connectivity index (χ3n) is 3.63. The van der Waals surface area contributed by atoms with Crippen LogP contribution in [0.3, 0.4) is 0 Å². The summed E-state index contributed by atoms with van der Waals surface area (Å²) in [5.41, 5.74) is -0.485. The van der Waals surface area contributed by atoms with Crippen LogP contribution in [0.4, 0.5) is 4.79 Å². The number of hydrogen-bond acceptors (Lipinski definition) is 5. The Morgan fingerprint density at radius 2 is 2.04 bits per heavy atom. The summed E-state index contributed by atoms with van der Waals surface area (Å²) >= 11 is 0. The number of nitrogens with one attached hydrogen (secondary N) is 1. The highest BCUT2D eigenvalue weighted by molar-refractivity contribution is 7.88. The molecule has 1 saturated heterocycles. The smallest absolute Gasteiger partial charge is 0.410 e. The van der Waals surface area contributed by atoms with Gasteiger partial charge < -0.3 is 14.5 Å². The van der Waals surface area contributed by atoms with Crippen LogP contribution in [0, 0.1) is 5.92 Å². The molecule has 0 aromatic rings. The molecule has 0 bridgehead atoms. The molecule has 0 aromatic carbocycles. The Morgan fingerprint density at radius 3 is 2.61 bits per heavy atom. The summed E-state index contributed by atoms with van der Waals surface area (Å²) in [6.07, 6.45) is 3.00. The van der Waals surface area contributed by atoms with Crippen LogP contribution >= 0.6 is 0 Å². The molecule has 1 aliphatic heterocycles. The van der Waals surface area contributed by atoms with Gasteiger partial charge in [0.05, 0.1) is 6.26 Å². The van der Waals surface area contributed by atoms with E-state index in [1.54, 1.807) is 11.9 Å². The van der Waals surface area contributed by atoms with E-state index in [0.717, 1.165) is 25.9 Å². The lowest BCUT2D eigenvalue weighted by Gasteiger charge is -2.35. The topological polar surface area (TPSA) is 79.0 Å². The van der Waals surface area contributed by atoms with Crippen LogP contribution in [0.25, 0.3) is 0 Å². The normalized spacial score (nSPS) is 20.3. The van der Waals surface area contributed by atoms with Crippen LogP contribution in [0.5, 0.6) is 0 Å². The van der Waals surface area contributed by atoms with Crippen LogP contribution in [-0.2, 0) is 14.8 Å². The largest absolute Gasteiger partial charge is 0.444 e. The molecular formula is C15H31N3O4S. The molecule has 1 aliphatic rings. The van der Waals surface area contributed by atoms with Crippen molar-refractivity contribution in [3.63, 3.8) is 0 Å². The number of amides is 1. The van der Waals surface area contributed by atoms with Crippen LogP contribution in [-0.4, -0.2) is 75.9 Å². The Kier molecular flexibility index (Phi) is 7.29. The second-order valence-electron chi connectivity index (χ2n) is 7.34. The van der Waals surface area contributed by atoms with E-state index in [0.29, 0.717) is 25.6 Å². The van der Waals surface area contributed by atoms with E-state index in [4.69, 9.17) is 4.74 Å². The highest BCUT2D eigenvalue weighted by Gasteiger charge is 2.25. The fourth-order valence-electron chi connectivity index (χ4n) is 2.69. The molecule has 1 rings (SSSR count). The first kappa shape index (κ1) is 20.2. The van der Waals surface area contributed by atoms with Crippen molar-refractivity contribution in [2.75, 3.05) is 46.0 Å². The third kappa shape index (κ3) is 9.12. The fourth-order valence-corrected chi connectivity index (χ4v) is 3.16. The van der Waals surface area contributed by atoms with Crippen molar-refractivity contribution in [1.29, 1.82) is 0 Å². The van der Waals surface area contributed by atoms with Gasteiger partial charge in [-0.15, -0.1) is 0 Å². The summed E-state index contributed by atoms with van der Waals surface area (Å²) in [6.45, 7) is 9.19. The first-order valence-electron chi connectivity index (χ1n) is 8.07. The molecule has 1 amide bonds.